The van der Waals surface area contributed by atoms with E-state index in [1.807, 2.05) is 42.6 Å². The zero-order chi connectivity index (χ0) is 30.8. The van der Waals surface area contributed by atoms with E-state index in [2.05, 4.69) is 24.1 Å². The minimum atomic E-state index is -0.0821. The second-order valence-electron chi connectivity index (χ2n) is 11.8. The summed E-state index contributed by atoms with van der Waals surface area (Å²) in [6.07, 6.45) is 14.8. The van der Waals surface area contributed by atoms with Gasteiger partial charge in [-0.3, -0.25) is 14.6 Å². The highest BCUT2D eigenvalue weighted by Crippen LogP contribution is 2.39. The van der Waals surface area contributed by atoms with Crippen LogP contribution in [0.25, 0.3) is 0 Å². The molecular formula is C35H39N3O6. The van der Waals surface area contributed by atoms with Gasteiger partial charge in [0.2, 0.25) is 0 Å². The van der Waals surface area contributed by atoms with E-state index in [-0.39, 0.29) is 23.9 Å². The van der Waals surface area contributed by atoms with Gasteiger partial charge in [-0.25, -0.2) is 0 Å². The molecule has 0 radical (unpaired) electrons. The quantitative estimate of drug-likeness (QED) is 0.233. The van der Waals surface area contributed by atoms with Crippen molar-refractivity contribution in [2.75, 3.05) is 27.4 Å². The van der Waals surface area contributed by atoms with E-state index in [0.29, 0.717) is 59.4 Å². The second kappa shape index (κ2) is 12.6. The zero-order valence-corrected chi connectivity index (χ0v) is 25.8. The van der Waals surface area contributed by atoms with E-state index in [1.54, 1.807) is 31.3 Å². The summed E-state index contributed by atoms with van der Waals surface area (Å²) in [5.74, 6) is 2.20. The number of allylic oxidation sites excluding steroid dienone is 1. The van der Waals surface area contributed by atoms with Crippen molar-refractivity contribution in [3.8, 4) is 23.0 Å². The van der Waals surface area contributed by atoms with Gasteiger partial charge in [-0.05, 0) is 76.1 Å². The maximum absolute atomic E-state index is 13.4. The molecule has 0 aromatic heterocycles. The molecule has 2 atom stereocenters. The number of hydrogen-bond donors (Lipinski definition) is 0. The van der Waals surface area contributed by atoms with Crippen molar-refractivity contribution in [3.63, 3.8) is 0 Å². The lowest BCUT2D eigenvalue weighted by Crippen LogP contribution is -2.33. The summed E-state index contributed by atoms with van der Waals surface area (Å²) in [5.41, 5.74) is 5.04. The molecular weight excluding hydrogens is 558 g/mol. The van der Waals surface area contributed by atoms with Crippen LogP contribution in [0.1, 0.15) is 72.2 Å². The van der Waals surface area contributed by atoms with E-state index in [0.717, 1.165) is 43.2 Å². The molecule has 2 aromatic carbocycles. The van der Waals surface area contributed by atoms with Crippen molar-refractivity contribution >= 4 is 23.7 Å². The Balaban J connectivity index is 1.02. The van der Waals surface area contributed by atoms with Gasteiger partial charge >= 0.3 is 0 Å². The maximum Gasteiger partial charge on any atom is 0.260 e. The van der Waals surface area contributed by atoms with Crippen LogP contribution in [0.5, 0.6) is 23.0 Å². The summed E-state index contributed by atoms with van der Waals surface area (Å²) < 4.78 is 23.4. The Morgan fingerprint density at radius 3 is 2.02 bits per heavy atom. The van der Waals surface area contributed by atoms with Gasteiger partial charge in [-0.1, -0.05) is 23.3 Å². The lowest BCUT2D eigenvalue weighted by Gasteiger charge is -2.25. The number of amides is 2. The predicted molar refractivity (Wildman–Crippen MR) is 168 cm³/mol. The number of carbonyl (C=O) groups excluding carboxylic acids is 2. The maximum atomic E-state index is 13.4. The van der Waals surface area contributed by atoms with Crippen LogP contribution in [-0.4, -0.2) is 67.3 Å². The number of methoxy groups -OCH3 is 2. The van der Waals surface area contributed by atoms with E-state index >= 15 is 0 Å². The first kappa shape index (κ1) is 29.5. The Hall–Kier alpha value is -4.53. The summed E-state index contributed by atoms with van der Waals surface area (Å²) in [7, 11) is 3.17. The third-order valence-electron chi connectivity index (χ3n) is 8.48. The molecule has 0 aliphatic carbocycles. The average Bonchev–Trinajstić information content (AvgIpc) is 3.55. The number of aliphatic imine (C=N–C) groups is 1. The summed E-state index contributed by atoms with van der Waals surface area (Å²) >= 11 is 0. The highest BCUT2D eigenvalue weighted by molar-refractivity contribution is 6.04. The number of unbranched alkanes of at least 4 members (excludes halogenated alkanes) is 2. The summed E-state index contributed by atoms with van der Waals surface area (Å²) in [6, 6.07) is 7.29. The number of nitrogens with zero attached hydrogens (tertiary/aromatic N) is 3. The molecule has 0 saturated heterocycles. The van der Waals surface area contributed by atoms with Crippen LogP contribution in [0, 0.1) is 0 Å². The molecule has 6 rings (SSSR count). The van der Waals surface area contributed by atoms with Gasteiger partial charge in [0.15, 0.2) is 23.0 Å². The number of carbonyl (C=O) groups is 2. The van der Waals surface area contributed by atoms with Crippen LogP contribution < -0.4 is 18.9 Å². The first-order valence-corrected chi connectivity index (χ1v) is 15.3. The largest absolute Gasteiger partial charge is 0.493 e. The van der Waals surface area contributed by atoms with Crippen molar-refractivity contribution in [3.05, 3.63) is 76.7 Å². The molecule has 0 N–H and O–H groups in total. The molecule has 2 aromatic rings. The van der Waals surface area contributed by atoms with Crippen LogP contribution in [-0.2, 0) is 6.42 Å². The van der Waals surface area contributed by atoms with Crippen molar-refractivity contribution < 1.29 is 28.5 Å². The standard InChI is InChI=1S/C35H39N3O6/c1-22-13-25-10-8-9-24-15-32(30(41-3)16-27(24)34(39)37(25)20-22)43-11-6-5-7-12-44-33-18-29-28(17-31(33)42-4)35(40)38-21-23(2)14-26(38)19-36-29/h8,10,15-21,25-26H,5-7,9,11-14H2,1-4H3. The van der Waals surface area contributed by atoms with Crippen LogP contribution in [0.4, 0.5) is 5.69 Å². The number of ether oxygens (including phenoxy) is 4. The lowest BCUT2D eigenvalue weighted by atomic mass is 9.98. The predicted octanol–water partition coefficient (Wildman–Crippen LogP) is 6.40. The Kier molecular flexibility index (Phi) is 8.46. The molecule has 230 valence electrons. The summed E-state index contributed by atoms with van der Waals surface area (Å²) in [6.45, 7) is 5.09. The highest BCUT2D eigenvalue weighted by atomic mass is 16.5. The molecule has 4 heterocycles. The fraction of sp³-hybridized carbons (Fsp3) is 0.400. The number of rotatable bonds is 10. The van der Waals surface area contributed by atoms with Crippen LogP contribution in [0.3, 0.4) is 0 Å². The number of hydrogen-bond acceptors (Lipinski definition) is 7. The SMILES string of the molecule is COc1cc2c(cc1OCCCCCOc1cc3c(cc1OC)C(=O)N1C=C(C)CC1C=N3)CC=CC1CC(C)=CN1C2=O. The van der Waals surface area contributed by atoms with Crippen LogP contribution in [0.2, 0.25) is 0 Å². The Bertz CT molecular complexity index is 1590. The van der Waals surface area contributed by atoms with Gasteiger partial charge in [0.25, 0.3) is 11.8 Å². The van der Waals surface area contributed by atoms with Gasteiger partial charge in [0.1, 0.15) is 0 Å². The lowest BCUT2D eigenvalue weighted by molar-refractivity contribution is 0.0800. The molecule has 0 fully saturated rings. The number of benzene rings is 2. The molecule has 44 heavy (non-hydrogen) atoms. The van der Waals surface area contributed by atoms with E-state index in [9.17, 15) is 9.59 Å². The molecule has 9 heteroatoms. The molecule has 2 amide bonds. The molecule has 4 aliphatic rings. The number of fused-ring (bicyclic) bond motifs is 4. The molecule has 2 unspecified atom stereocenters. The van der Waals surface area contributed by atoms with Gasteiger partial charge in [-0.15, -0.1) is 0 Å². The van der Waals surface area contributed by atoms with Crippen molar-refractivity contribution in [2.24, 2.45) is 4.99 Å². The average molecular weight is 598 g/mol. The molecule has 0 spiro atoms. The Morgan fingerprint density at radius 1 is 0.750 bits per heavy atom. The fourth-order valence-electron chi connectivity index (χ4n) is 6.22. The summed E-state index contributed by atoms with van der Waals surface area (Å²) in [5, 5.41) is 0. The zero-order valence-electron chi connectivity index (χ0n) is 25.8. The van der Waals surface area contributed by atoms with Crippen LogP contribution >= 0.6 is 0 Å². The molecule has 9 nitrogen and oxygen atoms in total. The Morgan fingerprint density at radius 2 is 1.34 bits per heavy atom. The first-order chi connectivity index (χ1) is 21.4. The third-order valence-corrected chi connectivity index (χ3v) is 8.48. The van der Waals surface area contributed by atoms with Crippen molar-refractivity contribution in [2.45, 2.75) is 64.5 Å². The minimum absolute atomic E-state index is 0.00635. The van der Waals surface area contributed by atoms with E-state index in [4.69, 9.17) is 18.9 Å². The van der Waals surface area contributed by atoms with Gasteiger partial charge in [-0.2, -0.15) is 0 Å². The molecule has 0 saturated carbocycles. The molecule has 4 aliphatic heterocycles. The van der Waals surface area contributed by atoms with E-state index in [1.165, 1.54) is 5.57 Å². The van der Waals surface area contributed by atoms with E-state index < -0.39 is 0 Å². The van der Waals surface area contributed by atoms with Gasteiger partial charge in [0.05, 0.1) is 50.8 Å². The monoisotopic (exact) mass is 597 g/mol. The fourth-order valence-corrected chi connectivity index (χ4v) is 6.22. The van der Waals surface area contributed by atoms with Crippen molar-refractivity contribution in [1.82, 2.24) is 9.80 Å². The third kappa shape index (κ3) is 5.83. The first-order valence-electron chi connectivity index (χ1n) is 15.3. The molecule has 0 bridgehead atoms. The van der Waals surface area contributed by atoms with Crippen LogP contribution in [0.15, 0.2) is 65.0 Å². The highest BCUT2D eigenvalue weighted by Gasteiger charge is 2.32. The summed E-state index contributed by atoms with van der Waals surface area (Å²) in [4.78, 5) is 34.7. The smallest absolute Gasteiger partial charge is 0.260 e. The minimum Gasteiger partial charge on any atom is -0.493 e. The second-order valence-corrected chi connectivity index (χ2v) is 11.8. The normalized spacial score (nSPS) is 20.1. The van der Waals surface area contributed by atoms with Gasteiger partial charge < -0.3 is 28.7 Å². The van der Waals surface area contributed by atoms with Crippen molar-refractivity contribution in [1.29, 1.82) is 0 Å². The Labute approximate surface area is 258 Å². The van der Waals surface area contributed by atoms with Gasteiger partial charge in [0, 0.05) is 30.2 Å². The topological polar surface area (TPSA) is 89.9 Å².